The number of ether oxygens (including phenoxy) is 1. The summed E-state index contributed by atoms with van der Waals surface area (Å²) in [5, 5.41) is 0. The van der Waals surface area contributed by atoms with E-state index in [1.807, 2.05) is 66.7 Å². The number of hydrogen-bond donors (Lipinski definition) is 0. The van der Waals surface area contributed by atoms with Crippen LogP contribution < -0.4 is 4.74 Å². The third-order valence-electron chi connectivity index (χ3n) is 4.21. The Kier molecular flexibility index (Phi) is 4.44. The maximum Gasteiger partial charge on any atom is 0.164 e. The van der Waals surface area contributed by atoms with Crippen LogP contribution >= 0.6 is 0 Å². The molecule has 0 amide bonds. The topological polar surface area (TPSA) is 35.0 Å². The fourth-order valence-corrected chi connectivity index (χ4v) is 2.91. The third kappa shape index (κ3) is 3.20. The first kappa shape index (κ1) is 16.0. The highest BCUT2D eigenvalue weighted by molar-refractivity contribution is 5.73. The molecule has 3 nitrogen and oxygen atoms in total. The molecule has 1 aromatic heterocycles. The molecule has 0 saturated heterocycles. The molecule has 26 heavy (non-hydrogen) atoms. The summed E-state index contributed by atoms with van der Waals surface area (Å²) in [6.45, 7) is 0. The maximum atomic E-state index is 5.51. The third-order valence-corrected chi connectivity index (χ3v) is 4.21. The maximum absolute atomic E-state index is 5.51. The summed E-state index contributed by atoms with van der Waals surface area (Å²) in [6.07, 6.45) is 0. The van der Waals surface area contributed by atoms with Gasteiger partial charge in [-0.1, -0.05) is 72.8 Å². The average Bonchev–Trinajstić information content (AvgIpc) is 2.74. The normalized spacial score (nSPS) is 10.5. The van der Waals surface area contributed by atoms with E-state index in [9.17, 15) is 0 Å². The average molecular weight is 338 g/mol. The van der Waals surface area contributed by atoms with Gasteiger partial charge in [0.25, 0.3) is 0 Å². The van der Waals surface area contributed by atoms with Gasteiger partial charge in [-0.25, -0.2) is 9.97 Å². The minimum atomic E-state index is 0.655. The molecule has 3 heteroatoms. The van der Waals surface area contributed by atoms with E-state index in [4.69, 9.17) is 14.7 Å². The van der Waals surface area contributed by atoms with Crippen molar-refractivity contribution in [1.29, 1.82) is 0 Å². The van der Waals surface area contributed by atoms with Crippen molar-refractivity contribution in [3.63, 3.8) is 0 Å². The summed E-state index contributed by atoms with van der Waals surface area (Å²) in [4.78, 5) is 9.63. The van der Waals surface area contributed by atoms with Crippen molar-refractivity contribution < 1.29 is 4.74 Å². The standard InChI is InChI=1S/C23H18N2O/c1-26-22-15-9-8-14-19(22)23-24-20(17-10-4-2-5-11-17)16-21(25-23)18-12-6-3-7-13-18/h2-16H,1H3. The molecule has 0 fully saturated rings. The van der Waals surface area contributed by atoms with Crippen molar-refractivity contribution in [3.8, 4) is 39.7 Å². The van der Waals surface area contributed by atoms with E-state index in [1.54, 1.807) is 7.11 Å². The Morgan fingerprint density at radius 3 is 1.65 bits per heavy atom. The fraction of sp³-hybridized carbons (Fsp3) is 0.0435. The zero-order chi connectivity index (χ0) is 17.8. The van der Waals surface area contributed by atoms with Gasteiger partial charge in [0, 0.05) is 11.1 Å². The van der Waals surface area contributed by atoms with Crippen molar-refractivity contribution in [2.45, 2.75) is 0 Å². The number of aromatic nitrogens is 2. The van der Waals surface area contributed by atoms with Gasteiger partial charge in [-0.05, 0) is 18.2 Å². The number of methoxy groups -OCH3 is 1. The first-order chi connectivity index (χ1) is 12.8. The highest BCUT2D eigenvalue weighted by Gasteiger charge is 2.13. The van der Waals surface area contributed by atoms with Crippen molar-refractivity contribution in [2.75, 3.05) is 7.11 Å². The van der Waals surface area contributed by atoms with Gasteiger partial charge >= 0.3 is 0 Å². The van der Waals surface area contributed by atoms with Crippen LogP contribution in [0, 0.1) is 0 Å². The highest BCUT2D eigenvalue weighted by atomic mass is 16.5. The molecule has 0 spiro atoms. The monoisotopic (exact) mass is 338 g/mol. The molecule has 4 rings (SSSR count). The second-order valence-corrected chi connectivity index (χ2v) is 5.89. The molecular weight excluding hydrogens is 320 g/mol. The summed E-state index contributed by atoms with van der Waals surface area (Å²) in [7, 11) is 1.66. The smallest absolute Gasteiger partial charge is 0.164 e. The Balaban J connectivity index is 1.94. The van der Waals surface area contributed by atoms with Crippen LogP contribution in [0.3, 0.4) is 0 Å². The van der Waals surface area contributed by atoms with Crippen LogP contribution in [0.25, 0.3) is 33.9 Å². The van der Waals surface area contributed by atoms with Gasteiger partial charge in [0.2, 0.25) is 0 Å². The van der Waals surface area contributed by atoms with E-state index < -0.39 is 0 Å². The number of para-hydroxylation sites is 1. The fourth-order valence-electron chi connectivity index (χ4n) is 2.91. The molecule has 0 aliphatic rings. The molecule has 0 aliphatic heterocycles. The van der Waals surface area contributed by atoms with Crippen LogP contribution in [0.15, 0.2) is 91.0 Å². The van der Waals surface area contributed by atoms with Gasteiger partial charge in [0.05, 0.1) is 24.1 Å². The van der Waals surface area contributed by atoms with Crippen LogP contribution in [-0.2, 0) is 0 Å². The Morgan fingerprint density at radius 1 is 0.615 bits per heavy atom. The second-order valence-electron chi connectivity index (χ2n) is 5.89. The van der Waals surface area contributed by atoms with E-state index in [2.05, 4.69) is 24.3 Å². The SMILES string of the molecule is COc1ccccc1-c1nc(-c2ccccc2)cc(-c2ccccc2)n1. The first-order valence-electron chi connectivity index (χ1n) is 8.48. The van der Waals surface area contributed by atoms with E-state index >= 15 is 0 Å². The highest BCUT2D eigenvalue weighted by Crippen LogP contribution is 2.31. The molecule has 3 aromatic carbocycles. The Bertz CT molecular complexity index is 957. The van der Waals surface area contributed by atoms with Gasteiger partial charge in [0.1, 0.15) is 5.75 Å². The lowest BCUT2D eigenvalue weighted by Gasteiger charge is -2.11. The van der Waals surface area contributed by atoms with Crippen LogP contribution in [-0.4, -0.2) is 17.1 Å². The quantitative estimate of drug-likeness (QED) is 0.494. The Labute approximate surface area is 153 Å². The minimum absolute atomic E-state index is 0.655. The lowest BCUT2D eigenvalue weighted by Crippen LogP contribution is -1.97. The van der Waals surface area contributed by atoms with E-state index in [0.29, 0.717) is 5.82 Å². The minimum Gasteiger partial charge on any atom is -0.496 e. The van der Waals surface area contributed by atoms with Crippen LogP contribution in [0.1, 0.15) is 0 Å². The molecule has 0 saturated carbocycles. The largest absolute Gasteiger partial charge is 0.496 e. The molecule has 4 aromatic rings. The van der Waals surface area contributed by atoms with Gasteiger partial charge in [-0.15, -0.1) is 0 Å². The van der Waals surface area contributed by atoms with Crippen LogP contribution in [0.2, 0.25) is 0 Å². The van der Waals surface area contributed by atoms with Crippen LogP contribution in [0.5, 0.6) is 5.75 Å². The van der Waals surface area contributed by atoms with Gasteiger partial charge in [-0.3, -0.25) is 0 Å². The Hall–Kier alpha value is -3.46. The van der Waals surface area contributed by atoms with Crippen molar-refractivity contribution in [3.05, 3.63) is 91.0 Å². The number of benzene rings is 3. The molecule has 0 bridgehead atoms. The molecule has 0 N–H and O–H groups in total. The summed E-state index contributed by atoms with van der Waals surface area (Å²) in [6, 6.07) is 30.2. The van der Waals surface area contributed by atoms with E-state index in [1.165, 1.54) is 0 Å². The lowest BCUT2D eigenvalue weighted by molar-refractivity contribution is 0.416. The van der Waals surface area contributed by atoms with Gasteiger partial charge < -0.3 is 4.74 Å². The number of hydrogen-bond acceptors (Lipinski definition) is 3. The second kappa shape index (κ2) is 7.19. The molecule has 126 valence electrons. The number of rotatable bonds is 4. The van der Waals surface area contributed by atoms with Gasteiger partial charge in [0.15, 0.2) is 5.82 Å². The predicted octanol–water partition coefficient (Wildman–Crippen LogP) is 5.49. The van der Waals surface area contributed by atoms with E-state index in [-0.39, 0.29) is 0 Å². The summed E-state index contributed by atoms with van der Waals surface area (Å²) >= 11 is 0. The molecule has 0 radical (unpaired) electrons. The summed E-state index contributed by atoms with van der Waals surface area (Å²) in [5.41, 5.74) is 4.78. The predicted molar refractivity (Wildman–Crippen MR) is 105 cm³/mol. The molecule has 0 unspecified atom stereocenters. The van der Waals surface area contributed by atoms with Gasteiger partial charge in [-0.2, -0.15) is 0 Å². The first-order valence-corrected chi connectivity index (χ1v) is 8.48. The lowest BCUT2D eigenvalue weighted by atomic mass is 10.1. The van der Waals surface area contributed by atoms with Crippen molar-refractivity contribution in [2.24, 2.45) is 0 Å². The zero-order valence-electron chi connectivity index (χ0n) is 14.5. The summed E-state index contributed by atoms with van der Waals surface area (Å²) in [5.74, 6) is 1.42. The summed E-state index contributed by atoms with van der Waals surface area (Å²) < 4.78 is 5.51. The zero-order valence-corrected chi connectivity index (χ0v) is 14.5. The molecule has 0 aliphatic carbocycles. The number of nitrogens with zero attached hydrogens (tertiary/aromatic N) is 2. The van der Waals surface area contributed by atoms with Crippen molar-refractivity contribution >= 4 is 0 Å². The molecule has 0 atom stereocenters. The van der Waals surface area contributed by atoms with E-state index in [0.717, 1.165) is 33.8 Å². The Morgan fingerprint density at radius 2 is 1.12 bits per heavy atom. The van der Waals surface area contributed by atoms with Crippen molar-refractivity contribution in [1.82, 2.24) is 9.97 Å². The molecule has 1 heterocycles. The van der Waals surface area contributed by atoms with Crippen LogP contribution in [0.4, 0.5) is 0 Å². The molecular formula is C23H18N2O.